The van der Waals surface area contributed by atoms with Gasteiger partial charge in [-0.3, -0.25) is 9.48 Å². The molecule has 2 rings (SSSR count). The molecule has 0 saturated carbocycles. The highest BCUT2D eigenvalue weighted by Crippen LogP contribution is 2.17. The number of carbonyl (C=O) groups is 1. The fraction of sp³-hybridized carbons (Fsp3) is 0.692. The monoisotopic (exact) mass is 250 g/mol. The largest absolute Gasteiger partial charge is 0.350 e. The molecule has 0 bridgehead atoms. The van der Waals surface area contributed by atoms with Crippen molar-refractivity contribution in [1.29, 1.82) is 0 Å². The van der Waals surface area contributed by atoms with Crippen molar-refractivity contribution in [2.45, 2.75) is 20.3 Å². The number of piperidine rings is 1. The maximum atomic E-state index is 12.0. The molecule has 5 heteroatoms. The summed E-state index contributed by atoms with van der Waals surface area (Å²) in [5.41, 5.74) is 1.51. The number of rotatable bonds is 3. The number of nitrogens with zero attached hydrogens (tertiary/aromatic N) is 2. The van der Waals surface area contributed by atoms with Crippen molar-refractivity contribution in [3.05, 3.63) is 17.5 Å². The van der Waals surface area contributed by atoms with Gasteiger partial charge in [-0.1, -0.05) is 6.92 Å². The summed E-state index contributed by atoms with van der Waals surface area (Å²) >= 11 is 0. The second-order valence-corrected chi connectivity index (χ2v) is 5.23. The lowest BCUT2D eigenvalue weighted by molar-refractivity contribution is 0.0932. The minimum atomic E-state index is -0.0653. The summed E-state index contributed by atoms with van der Waals surface area (Å²) in [5.74, 6) is 1.12. The zero-order valence-electron chi connectivity index (χ0n) is 11.4. The molecule has 1 amide bonds. The van der Waals surface area contributed by atoms with E-state index in [0.717, 1.165) is 31.7 Å². The molecule has 1 saturated heterocycles. The Bertz CT molecular complexity index is 407. The Morgan fingerprint density at radius 3 is 3.06 bits per heavy atom. The van der Waals surface area contributed by atoms with E-state index in [1.165, 1.54) is 0 Å². The molecule has 0 radical (unpaired) electrons. The molecular weight excluding hydrogens is 228 g/mol. The predicted molar refractivity (Wildman–Crippen MR) is 70.4 cm³/mol. The number of hydrogen-bond acceptors (Lipinski definition) is 3. The van der Waals surface area contributed by atoms with Crippen molar-refractivity contribution in [3.8, 4) is 0 Å². The van der Waals surface area contributed by atoms with Crippen LogP contribution in [0.1, 0.15) is 29.5 Å². The van der Waals surface area contributed by atoms with Gasteiger partial charge in [0.2, 0.25) is 0 Å². The second-order valence-electron chi connectivity index (χ2n) is 5.23. The molecule has 18 heavy (non-hydrogen) atoms. The Balaban J connectivity index is 1.88. The summed E-state index contributed by atoms with van der Waals surface area (Å²) in [4.78, 5) is 12.0. The molecule has 100 valence electrons. The van der Waals surface area contributed by atoms with Crippen LogP contribution in [0.3, 0.4) is 0 Å². The van der Waals surface area contributed by atoms with Gasteiger partial charge in [0.05, 0.1) is 0 Å². The highest BCUT2D eigenvalue weighted by molar-refractivity contribution is 5.92. The first-order chi connectivity index (χ1) is 8.58. The van der Waals surface area contributed by atoms with Crippen LogP contribution in [-0.4, -0.2) is 35.3 Å². The number of nitrogens with one attached hydrogen (secondary N) is 2. The Labute approximate surface area is 108 Å². The van der Waals surface area contributed by atoms with Gasteiger partial charge in [-0.05, 0) is 44.3 Å². The molecule has 2 heterocycles. The smallest absolute Gasteiger partial charge is 0.271 e. The van der Waals surface area contributed by atoms with Crippen molar-refractivity contribution < 1.29 is 4.79 Å². The van der Waals surface area contributed by atoms with Crippen LogP contribution in [0, 0.1) is 18.8 Å². The van der Waals surface area contributed by atoms with Gasteiger partial charge in [0.15, 0.2) is 0 Å². The van der Waals surface area contributed by atoms with Crippen LogP contribution in [0.25, 0.3) is 0 Å². The van der Waals surface area contributed by atoms with Crippen molar-refractivity contribution in [1.82, 2.24) is 20.4 Å². The van der Waals surface area contributed by atoms with Gasteiger partial charge >= 0.3 is 0 Å². The van der Waals surface area contributed by atoms with Crippen LogP contribution in [0.5, 0.6) is 0 Å². The maximum absolute atomic E-state index is 12.0. The molecule has 5 nitrogen and oxygen atoms in total. The van der Waals surface area contributed by atoms with E-state index in [9.17, 15) is 4.79 Å². The van der Waals surface area contributed by atoms with Crippen LogP contribution in [0.15, 0.2) is 6.07 Å². The average molecular weight is 250 g/mol. The highest BCUT2D eigenvalue weighted by Gasteiger charge is 2.22. The van der Waals surface area contributed by atoms with E-state index in [4.69, 9.17) is 0 Å². The molecule has 2 unspecified atom stereocenters. The zero-order chi connectivity index (χ0) is 13.1. The number of aryl methyl sites for hydroxylation is 2. The van der Waals surface area contributed by atoms with Crippen LogP contribution in [0.2, 0.25) is 0 Å². The lowest BCUT2D eigenvalue weighted by atomic mass is 9.88. The van der Waals surface area contributed by atoms with E-state index in [-0.39, 0.29) is 5.91 Å². The van der Waals surface area contributed by atoms with Gasteiger partial charge in [0, 0.05) is 19.3 Å². The summed E-state index contributed by atoms with van der Waals surface area (Å²) in [6.45, 7) is 7.01. The third kappa shape index (κ3) is 2.90. The van der Waals surface area contributed by atoms with Gasteiger partial charge < -0.3 is 10.6 Å². The minimum absolute atomic E-state index is 0.0653. The van der Waals surface area contributed by atoms with E-state index >= 15 is 0 Å². The average Bonchev–Trinajstić information content (AvgIpc) is 2.68. The zero-order valence-corrected chi connectivity index (χ0v) is 11.4. The quantitative estimate of drug-likeness (QED) is 0.830. The number of aromatic nitrogens is 2. The van der Waals surface area contributed by atoms with Gasteiger partial charge in [0.25, 0.3) is 5.91 Å². The fourth-order valence-electron chi connectivity index (χ4n) is 2.36. The van der Waals surface area contributed by atoms with E-state index in [1.54, 1.807) is 4.68 Å². The van der Waals surface area contributed by atoms with Crippen LogP contribution in [0.4, 0.5) is 0 Å². The van der Waals surface area contributed by atoms with Crippen molar-refractivity contribution >= 4 is 5.91 Å². The maximum Gasteiger partial charge on any atom is 0.271 e. The van der Waals surface area contributed by atoms with Gasteiger partial charge in [-0.2, -0.15) is 5.10 Å². The first-order valence-electron chi connectivity index (χ1n) is 6.57. The number of amides is 1. The lowest BCUT2D eigenvalue weighted by Gasteiger charge is -2.29. The van der Waals surface area contributed by atoms with Crippen LogP contribution < -0.4 is 10.6 Å². The Morgan fingerprint density at radius 2 is 2.44 bits per heavy atom. The first kappa shape index (κ1) is 13.1. The van der Waals surface area contributed by atoms with Gasteiger partial charge in [-0.25, -0.2) is 0 Å². The standard InChI is InChI=1S/C13H22N4O/c1-9-7-14-5-4-11(9)8-15-13(18)12-6-10(2)17(3)16-12/h6,9,11,14H,4-5,7-8H2,1-3H3,(H,15,18). The predicted octanol–water partition coefficient (Wildman–Crippen LogP) is 0.704. The van der Waals surface area contributed by atoms with Gasteiger partial charge in [-0.15, -0.1) is 0 Å². The molecule has 1 aromatic heterocycles. The summed E-state index contributed by atoms with van der Waals surface area (Å²) in [6.07, 6.45) is 1.13. The second kappa shape index (κ2) is 5.52. The Morgan fingerprint density at radius 1 is 1.67 bits per heavy atom. The molecule has 0 aromatic carbocycles. The van der Waals surface area contributed by atoms with E-state index in [2.05, 4.69) is 22.7 Å². The van der Waals surface area contributed by atoms with E-state index in [1.807, 2.05) is 20.0 Å². The first-order valence-corrected chi connectivity index (χ1v) is 6.57. The van der Waals surface area contributed by atoms with Crippen molar-refractivity contribution in [2.75, 3.05) is 19.6 Å². The number of hydrogen-bond donors (Lipinski definition) is 2. The van der Waals surface area contributed by atoms with Crippen molar-refractivity contribution in [3.63, 3.8) is 0 Å². The molecule has 1 aromatic rings. The van der Waals surface area contributed by atoms with Crippen LogP contribution >= 0.6 is 0 Å². The molecule has 1 fully saturated rings. The SMILES string of the molecule is Cc1cc(C(=O)NCC2CCNCC2C)nn1C. The normalized spacial score (nSPS) is 23.9. The molecule has 0 aliphatic carbocycles. The minimum Gasteiger partial charge on any atom is -0.350 e. The van der Waals surface area contributed by atoms with Crippen LogP contribution in [-0.2, 0) is 7.05 Å². The summed E-state index contributed by atoms with van der Waals surface area (Å²) in [6, 6.07) is 1.82. The third-order valence-electron chi connectivity index (χ3n) is 3.83. The van der Waals surface area contributed by atoms with Crippen molar-refractivity contribution in [2.24, 2.45) is 18.9 Å². The topological polar surface area (TPSA) is 59.0 Å². The summed E-state index contributed by atoms with van der Waals surface area (Å²) in [7, 11) is 1.85. The Kier molecular flexibility index (Phi) is 4.01. The third-order valence-corrected chi connectivity index (χ3v) is 3.83. The molecule has 1 aliphatic rings. The highest BCUT2D eigenvalue weighted by atomic mass is 16.1. The summed E-state index contributed by atoms with van der Waals surface area (Å²) in [5, 5.41) is 10.5. The Hall–Kier alpha value is -1.36. The molecule has 0 spiro atoms. The molecule has 1 aliphatic heterocycles. The fourth-order valence-corrected chi connectivity index (χ4v) is 2.36. The molecule has 2 atom stereocenters. The molecular formula is C13H22N4O. The van der Waals surface area contributed by atoms with Gasteiger partial charge in [0.1, 0.15) is 5.69 Å². The van der Waals surface area contributed by atoms with E-state index in [0.29, 0.717) is 17.5 Å². The molecule has 2 N–H and O–H groups in total. The number of carbonyl (C=O) groups excluding carboxylic acids is 1. The lowest BCUT2D eigenvalue weighted by Crippen LogP contribution is -2.41. The summed E-state index contributed by atoms with van der Waals surface area (Å²) < 4.78 is 1.72. The van der Waals surface area contributed by atoms with E-state index < -0.39 is 0 Å².